The van der Waals surface area contributed by atoms with E-state index in [-0.39, 0.29) is 39.3 Å². The van der Waals surface area contributed by atoms with Gasteiger partial charge >= 0.3 is 23.9 Å². The Morgan fingerprint density at radius 1 is 0.714 bits per heavy atom. The third kappa shape index (κ3) is 8.75. The summed E-state index contributed by atoms with van der Waals surface area (Å²) in [7, 11) is 0. The zero-order valence-electron chi connectivity index (χ0n) is 22.7. The molecule has 10 heteroatoms. The number of carbonyl (C=O) groups excluding carboxylic acids is 4. The van der Waals surface area contributed by atoms with Gasteiger partial charge in [-0.15, -0.1) is 0 Å². The first kappa shape index (κ1) is 30.8. The maximum absolute atomic E-state index is 12.5. The highest BCUT2D eigenvalue weighted by Crippen LogP contribution is 2.27. The van der Waals surface area contributed by atoms with Crippen molar-refractivity contribution in [2.75, 3.05) is 46.2 Å². The minimum Gasteiger partial charge on any atom is -0.465 e. The number of hydrogen-bond acceptors (Lipinski definition) is 9. The van der Waals surface area contributed by atoms with Gasteiger partial charge in [0.25, 0.3) is 0 Å². The summed E-state index contributed by atoms with van der Waals surface area (Å²) in [6.07, 6.45) is 0.537. The van der Waals surface area contributed by atoms with E-state index in [9.17, 15) is 19.2 Å². The van der Waals surface area contributed by atoms with Gasteiger partial charge in [0.2, 0.25) is 0 Å². The van der Waals surface area contributed by atoms with Crippen molar-refractivity contribution >= 4 is 23.9 Å². The summed E-state index contributed by atoms with van der Waals surface area (Å²) in [5.41, 5.74) is -0.930. The lowest BCUT2D eigenvalue weighted by Crippen LogP contribution is -3.18. The monoisotopic (exact) mass is 501 g/mol. The van der Waals surface area contributed by atoms with Gasteiger partial charge in [-0.05, 0) is 61.8 Å². The minimum absolute atomic E-state index is 0.188. The number of rotatable bonds is 14. The Bertz CT molecular complexity index is 641. The summed E-state index contributed by atoms with van der Waals surface area (Å²) in [4.78, 5) is 53.4. The molecule has 0 bridgehead atoms. The molecule has 0 saturated carbocycles. The first-order valence-corrected chi connectivity index (χ1v) is 12.6. The van der Waals surface area contributed by atoms with Crippen LogP contribution < -0.4 is 4.90 Å². The molecule has 1 fully saturated rings. The van der Waals surface area contributed by atoms with Crippen molar-refractivity contribution in [1.29, 1.82) is 0 Å². The molecule has 1 aliphatic heterocycles. The molecule has 1 rings (SSSR count). The lowest BCUT2D eigenvalue weighted by Gasteiger charge is -2.38. The van der Waals surface area contributed by atoms with Crippen molar-refractivity contribution in [2.24, 2.45) is 11.8 Å². The lowest BCUT2D eigenvalue weighted by atomic mass is 9.88. The van der Waals surface area contributed by atoms with E-state index < -0.39 is 46.8 Å². The molecule has 0 spiro atoms. The van der Waals surface area contributed by atoms with Crippen molar-refractivity contribution in [3.8, 4) is 0 Å². The minimum atomic E-state index is -1.00. The average Bonchev–Trinajstić information content (AvgIpc) is 3.29. The van der Waals surface area contributed by atoms with Crippen LogP contribution in [0, 0.1) is 11.8 Å². The van der Waals surface area contributed by atoms with Gasteiger partial charge in [0.1, 0.15) is 6.67 Å². The summed E-state index contributed by atoms with van der Waals surface area (Å²) < 4.78 is 20.5. The third-order valence-corrected chi connectivity index (χ3v) is 6.58. The largest absolute Gasteiger partial charge is 0.465 e. The Hall–Kier alpha value is -2.20. The van der Waals surface area contributed by atoms with Gasteiger partial charge in [0.15, 0.2) is 11.8 Å². The van der Waals surface area contributed by atoms with Crippen LogP contribution in [0.4, 0.5) is 0 Å². The maximum Gasteiger partial charge on any atom is 0.320 e. The van der Waals surface area contributed by atoms with Crippen LogP contribution in [0.5, 0.6) is 0 Å². The standard InChI is InChI=1S/C25H44N2O8/c1-9-32-20(28)18(21(29)33-10-2)15-24(5,6)26-13-14-27(17-26)25(7,8)16-19(22(30)34-11-3)23(31)35-12-4/h18-19H,9-17H2,1-8H3/p+1. The molecule has 10 nitrogen and oxygen atoms in total. The molecule has 0 aliphatic carbocycles. The normalized spacial score (nSPS) is 16.9. The molecule has 0 aromatic rings. The second-order valence-corrected chi connectivity index (χ2v) is 9.99. The predicted molar refractivity (Wildman–Crippen MR) is 128 cm³/mol. The summed E-state index contributed by atoms with van der Waals surface area (Å²) in [5.74, 6) is -4.28. The topological polar surface area (TPSA) is 113 Å². The molecule has 0 aromatic heterocycles. The molecule has 0 radical (unpaired) electrons. The molecular formula is C25H45N2O8+. The van der Waals surface area contributed by atoms with Crippen LogP contribution in [-0.2, 0) is 38.1 Å². The number of nitrogens with zero attached hydrogens (tertiary/aromatic N) is 1. The molecule has 1 N–H and O–H groups in total. The third-order valence-electron chi connectivity index (χ3n) is 6.58. The van der Waals surface area contributed by atoms with Crippen molar-refractivity contribution in [3.05, 3.63) is 0 Å². The molecule has 0 aromatic carbocycles. The molecule has 202 valence electrons. The van der Waals surface area contributed by atoms with E-state index in [1.807, 2.05) is 27.7 Å². The van der Waals surface area contributed by atoms with Gasteiger partial charge in [0.05, 0.1) is 45.1 Å². The van der Waals surface area contributed by atoms with E-state index in [0.717, 1.165) is 13.1 Å². The summed E-state index contributed by atoms with van der Waals surface area (Å²) in [6, 6.07) is 0. The fraction of sp³-hybridized carbons (Fsp3) is 0.840. The smallest absolute Gasteiger partial charge is 0.320 e. The van der Waals surface area contributed by atoms with E-state index in [0.29, 0.717) is 6.67 Å². The van der Waals surface area contributed by atoms with Gasteiger partial charge in [-0.2, -0.15) is 0 Å². The highest BCUT2D eigenvalue weighted by molar-refractivity contribution is 5.95. The van der Waals surface area contributed by atoms with Gasteiger partial charge in [-0.1, -0.05) is 0 Å². The van der Waals surface area contributed by atoms with Crippen LogP contribution >= 0.6 is 0 Å². The van der Waals surface area contributed by atoms with E-state index in [1.165, 1.54) is 4.90 Å². The maximum atomic E-state index is 12.5. The first-order valence-electron chi connectivity index (χ1n) is 12.6. The fourth-order valence-corrected chi connectivity index (χ4v) is 4.51. The van der Waals surface area contributed by atoms with Crippen molar-refractivity contribution < 1.29 is 43.0 Å². The molecule has 1 atom stereocenters. The SMILES string of the molecule is CCOC(=O)C(CC(C)(C)N1CC[NH+](C(C)(C)CC(C(=O)OCC)C(=O)OCC)C1)C(=O)OCC. The predicted octanol–water partition coefficient (Wildman–Crippen LogP) is 0.967. The van der Waals surface area contributed by atoms with E-state index in [4.69, 9.17) is 18.9 Å². The number of quaternary nitrogens is 1. The highest BCUT2D eigenvalue weighted by atomic mass is 16.6. The molecule has 1 heterocycles. The van der Waals surface area contributed by atoms with Crippen LogP contribution in [0.15, 0.2) is 0 Å². The number of esters is 4. The van der Waals surface area contributed by atoms with Crippen LogP contribution in [0.1, 0.15) is 68.2 Å². The van der Waals surface area contributed by atoms with Crippen LogP contribution in [-0.4, -0.2) is 86.0 Å². The van der Waals surface area contributed by atoms with E-state index in [1.54, 1.807) is 27.7 Å². The number of hydrogen-bond donors (Lipinski definition) is 1. The second-order valence-electron chi connectivity index (χ2n) is 9.99. The molecular weight excluding hydrogens is 456 g/mol. The molecule has 1 unspecified atom stereocenters. The Balaban J connectivity index is 2.98. The lowest BCUT2D eigenvalue weighted by molar-refractivity contribution is -0.942. The molecule has 1 aliphatic rings. The van der Waals surface area contributed by atoms with Crippen LogP contribution in [0.25, 0.3) is 0 Å². The quantitative estimate of drug-likeness (QED) is 0.211. The summed E-state index contributed by atoms with van der Waals surface area (Å²) >= 11 is 0. The van der Waals surface area contributed by atoms with E-state index >= 15 is 0 Å². The fourth-order valence-electron chi connectivity index (χ4n) is 4.51. The summed E-state index contributed by atoms with van der Waals surface area (Å²) in [5, 5.41) is 0. The number of ether oxygens (including phenoxy) is 4. The Labute approximate surface area is 209 Å². The zero-order valence-corrected chi connectivity index (χ0v) is 22.7. The average molecular weight is 502 g/mol. The Morgan fingerprint density at radius 2 is 1.09 bits per heavy atom. The summed E-state index contributed by atoms with van der Waals surface area (Å²) in [6.45, 7) is 17.7. The van der Waals surface area contributed by atoms with Crippen molar-refractivity contribution in [2.45, 2.75) is 79.3 Å². The number of nitrogens with one attached hydrogen (secondary N) is 1. The highest BCUT2D eigenvalue weighted by Gasteiger charge is 2.47. The second kappa shape index (κ2) is 13.8. The van der Waals surface area contributed by atoms with E-state index in [2.05, 4.69) is 4.90 Å². The Kier molecular flexibility index (Phi) is 12.1. The molecule has 35 heavy (non-hydrogen) atoms. The van der Waals surface area contributed by atoms with Crippen LogP contribution in [0.3, 0.4) is 0 Å². The van der Waals surface area contributed by atoms with Gasteiger partial charge in [-0.3, -0.25) is 19.2 Å². The first-order chi connectivity index (χ1) is 16.3. The van der Waals surface area contributed by atoms with Gasteiger partial charge in [-0.25, -0.2) is 4.90 Å². The molecule has 0 amide bonds. The molecule has 1 saturated heterocycles. The van der Waals surface area contributed by atoms with Crippen LogP contribution in [0.2, 0.25) is 0 Å². The van der Waals surface area contributed by atoms with Crippen molar-refractivity contribution in [1.82, 2.24) is 4.90 Å². The van der Waals surface area contributed by atoms with Gasteiger partial charge in [0, 0.05) is 12.0 Å². The Morgan fingerprint density at radius 3 is 1.46 bits per heavy atom. The van der Waals surface area contributed by atoms with Crippen molar-refractivity contribution in [3.63, 3.8) is 0 Å². The number of carbonyl (C=O) groups is 4. The zero-order chi connectivity index (χ0) is 26.8. The van der Waals surface area contributed by atoms with Gasteiger partial charge < -0.3 is 23.8 Å².